The quantitative estimate of drug-likeness (QED) is 0.762. The highest BCUT2D eigenvalue weighted by Crippen LogP contribution is 2.40. The number of hydrogen-bond donors (Lipinski definition) is 1. The van der Waals surface area contributed by atoms with Crippen LogP contribution in [0.4, 0.5) is 0 Å². The zero-order valence-corrected chi connectivity index (χ0v) is 19.1. The van der Waals surface area contributed by atoms with E-state index in [1.54, 1.807) is 0 Å². The molecule has 3 fully saturated rings. The first kappa shape index (κ1) is 21.1. The Morgan fingerprint density at radius 1 is 1.00 bits per heavy atom. The van der Waals surface area contributed by atoms with E-state index in [-0.39, 0.29) is 11.9 Å². The molecule has 2 aromatic rings. The van der Waals surface area contributed by atoms with Gasteiger partial charge in [0.2, 0.25) is 5.79 Å². The molecule has 0 radical (unpaired) electrons. The van der Waals surface area contributed by atoms with E-state index in [0.29, 0.717) is 18.8 Å². The number of ether oxygens (including phenoxy) is 3. The second kappa shape index (κ2) is 8.75. The monoisotopic (exact) mass is 448 g/mol. The van der Waals surface area contributed by atoms with Gasteiger partial charge in [-0.25, -0.2) is 0 Å². The number of fused-ring (bicyclic) bond motifs is 1. The van der Waals surface area contributed by atoms with Crippen molar-refractivity contribution in [2.45, 2.75) is 63.0 Å². The standard InChI is InChI=1S/C27H32N2O4/c30-26(28-23-10-15-31-18-23)20-6-4-19(5-7-20)21-8-9-25-22(16-21)17-32-27(33-25)11-13-29(14-12-27)24-2-1-3-24/h4-9,16,23-24H,1-3,10-15,17-18H2,(H,28,30)/t23-/m0/s1. The Hall–Kier alpha value is -2.41. The van der Waals surface area contributed by atoms with Gasteiger partial charge in [-0.15, -0.1) is 0 Å². The molecule has 2 saturated heterocycles. The summed E-state index contributed by atoms with van der Waals surface area (Å²) in [7, 11) is 0. The van der Waals surface area contributed by atoms with Gasteiger partial charge < -0.3 is 19.5 Å². The molecule has 3 heterocycles. The van der Waals surface area contributed by atoms with Crippen LogP contribution < -0.4 is 10.1 Å². The Kier molecular flexibility index (Phi) is 5.60. The molecule has 1 spiro atoms. The molecular weight excluding hydrogens is 416 g/mol. The number of carbonyl (C=O) groups is 1. The molecule has 6 nitrogen and oxygen atoms in total. The second-order valence-corrected chi connectivity index (χ2v) is 9.86. The number of nitrogens with zero attached hydrogens (tertiary/aromatic N) is 1. The van der Waals surface area contributed by atoms with Crippen molar-refractivity contribution in [2.24, 2.45) is 0 Å². The van der Waals surface area contributed by atoms with Crippen molar-refractivity contribution in [2.75, 3.05) is 26.3 Å². The first-order chi connectivity index (χ1) is 16.2. The van der Waals surface area contributed by atoms with Crippen LogP contribution in [0.15, 0.2) is 42.5 Å². The fraction of sp³-hybridized carbons (Fsp3) is 0.519. The van der Waals surface area contributed by atoms with Crippen molar-refractivity contribution >= 4 is 5.91 Å². The zero-order valence-electron chi connectivity index (χ0n) is 19.1. The van der Waals surface area contributed by atoms with Crippen molar-refractivity contribution in [1.82, 2.24) is 10.2 Å². The van der Waals surface area contributed by atoms with E-state index < -0.39 is 5.79 Å². The summed E-state index contributed by atoms with van der Waals surface area (Å²) in [5.41, 5.74) is 3.94. The molecule has 2 aromatic carbocycles. The average molecular weight is 449 g/mol. The third-order valence-electron chi connectivity index (χ3n) is 7.74. The number of hydrogen-bond acceptors (Lipinski definition) is 5. The molecule has 1 amide bonds. The van der Waals surface area contributed by atoms with E-state index in [0.717, 1.165) is 67.4 Å². The number of benzene rings is 2. The van der Waals surface area contributed by atoms with E-state index in [9.17, 15) is 4.79 Å². The maximum absolute atomic E-state index is 12.5. The molecule has 0 bridgehead atoms. The molecule has 174 valence electrons. The summed E-state index contributed by atoms with van der Waals surface area (Å²) >= 11 is 0. The molecule has 3 aliphatic heterocycles. The molecule has 6 rings (SSSR count). The summed E-state index contributed by atoms with van der Waals surface area (Å²) in [5, 5.41) is 3.04. The topological polar surface area (TPSA) is 60.0 Å². The maximum atomic E-state index is 12.5. The van der Waals surface area contributed by atoms with Crippen LogP contribution in [-0.4, -0.2) is 55.0 Å². The Labute approximate surface area is 195 Å². The van der Waals surface area contributed by atoms with Crippen LogP contribution in [0.2, 0.25) is 0 Å². The summed E-state index contributed by atoms with van der Waals surface area (Å²) < 4.78 is 18.1. The minimum atomic E-state index is -0.464. The Morgan fingerprint density at radius 2 is 1.79 bits per heavy atom. The van der Waals surface area contributed by atoms with E-state index >= 15 is 0 Å². The largest absolute Gasteiger partial charge is 0.462 e. The van der Waals surface area contributed by atoms with Crippen LogP contribution in [-0.2, 0) is 16.1 Å². The van der Waals surface area contributed by atoms with Gasteiger partial charge in [-0.05, 0) is 54.7 Å². The molecule has 6 heteroatoms. The van der Waals surface area contributed by atoms with Crippen LogP contribution in [0, 0.1) is 0 Å². The highest BCUT2D eigenvalue weighted by atomic mass is 16.7. The van der Waals surface area contributed by atoms with Crippen molar-refractivity contribution < 1.29 is 19.0 Å². The van der Waals surface area contributed by atoms with E-state index in [4.69, 9.17) is 14.2 Å². The van der Waals surface area contributed by atoms with Crippen LogP contribution in [0.5, 0.6) is 5.75 Å². The lowest BCUT2D eigenvalue weighted by atomic mass is 9.89. The van der Waals surface area contributed by atoms with Crippen LogP contribution in [0.3, 0.4) is 0 Å². The molecule has 1 aliphatic carbocycles. The molecule has 1 atom stereocenters. The van der Waals surface area contributed by atoms with Crippen LogP contribution in [0.25, 0.3) is 11.1 Å². The molecular formula is C27H32N2O4. The van der Waals surface area contributed by atoms with Crippen LogP contribution in [0.1, 0.15) is 54.4 Å². The summed E-state index contributed by atoms with van der Waals surface area (Å²) in [5.74, 6) is 0.434. The van der Waals surface area contributed by atoms with E-state index in [1.165, 1.54) is 19.3 Å². The van der Waals surface area contributed by atoms with Gasteiger partial charge in [0.05, 0.1) is 19.3 Å². The predicted octanol–water partition coefficient (Wildman–Crippen LogP) is 4.13. The number of rotatable bonds is 4. The SMILES string of the molecule is O=C(N[C@H]1CCOC1)c1ccc(-c2ccc3c(c2)COC2(CCN(C4CCC4)CC2)O3)cc1. The Morgan fingerprint density at radius 3 is 2.48 bits per heavy atom. The number of carbonyl (C=O) groups excluding carboxylic acids is 1. The summed E-state index contributed by atoms with van der Waals surface area (Å²) in [6, 6.07) is 15.0. The fourth-order valence-corrected chi connectivity index (χ4v) is 5.37. The Bertz CT molecular complexity index is 1000. The summed E-state index contributed by atoms with van der Waals surface area (Å²) in [6.07, 6.45) is 6.81. The van der Waals surface area contributed by atoms with Crippen molar-refractivity contribution in [3.8, 4) is 16.9 Å². The van der Waals surface area contributed by atoms with Crippen molar-refractivity contribution in [3.63, 3.8) is 0 Å². The molecule has 33 heavy (non-hydrogen) atoms. The van der Waals surface area contributed by atoms with Crippen LogP contribution >= 0.6 is 0 Å². The van der Waals surface area contributed by atoms with Gasteiger partial charge in [-0.1, -0.05) is 24.6 Å². The maximum Gasteiger partial charge on any atom is 0.251 e. The van der Waals surface area contributed by atoms with Gasteiger partial charge in [0.15, 0.2) is 0 Å². The highest BCUT2D eigenvalue weighted by Gasteiger charge is 2.42. The number of amides is 1. The average Bonchev–Trinajstić information content (AvgIpc) is 3.32. The minimum Gasteiger partial charge on any atom is -0.462 e. The normalized spacial score (nSPS) is 24.7. The van der Waals surface area contributed by atoms with Crippen molar-refractivity contribution in [1.29, 1.82) is 0 Å². The molecule has 1 N–H and O–H groups in total. The zero-order chi connectivity index (χ0) is 22.3. The number of nitrogens with one attached hydrogen (secondary N) is 1. The highest BCUT2D eigenvalue weighted by molar-refractivity contribution is 5.94. The predicted molar refractivity (Wildman–Crippen MR) is 125 cm³/mol. The first-order valence-electron chi connectivity index (χ1n) is 12.4. The summed E-state index contributed by atoms with van der Waals surface area (Å²) in [4.78, 5) is 15.1. The van der Waals surface area contributed by atoms with Gasteiger partial charge in [0.25, 0.3) is 5.91 Å². The molecule has 1 saturated carbocycles. The fourth-order valence-electron chi connectivity index (χ4n) is 5.37. The van der Waals surface area contributed by atoms with Gasteiger partial charge >= 0.3 is 0 Å². The molecule has 0 aromatic heterocycles. The minimum absolute atomic E-state index is 0.0436. The van der Waals surface area contributed by atoms with Gasteiger partial charge in [0, 0.05) is 49.7 Å². The third kappa shape index (κ3) is 4.27. The number of likely N-dealkylation sites (tertiary alicyclic amines) is 1. The second-order valence-electron chi connectivity index (χ2n) is 9.86. The lowest BCUT2D eigenvalue weighted by Gasteiger charge is -2.47. The lowest BCUT2D eigenvalue weighted by molar-refractivity contribution is -0.231. The van der Waals surface area contributed by atoms with Gasteiger partial charge in [0.1, 0.15) is 5.75 Å². The Balaban J connectivity index is 1.11. The van der Waals surface area contributed by atoms with Gasteiger partial charge in [-0.2, -0.15) is 0 Å². The van der Waals surface area contributed by atoms with E-state index in [1.807, 2.05) is 24.3 Å². The summed E-state index contributed by atoms with van der Waals surface area (Å²) in [6.45, 7) is 4.02. The molecule has 0 unspecified atom stereocenters. The van der Waals surface area contributed by atoms with Crippen molar-refractivity contribution in [3.05, 3.63) is 53.6 Å². The smallest absolute Gasteiger partial charge is 0.251 e. The number of piperidine rings is 1. The first-order valence-corrected chi connectivity index (χ1v) is 12.4. The molecule has 4 aliphatic rings. The lowest BCUT2D eigenvalue weighted by Crippen LogP contribution is -2.54. The third-order valence-corrected chi connectivity index (χ3v) is 7.74. The van der Waals surface area contributed by atoms with E-state index in [2.05, 4.69) is 28.4 Å². The van der Waals surface area contributed by atoms with Gasteiger partial charge in [-0.3, -0.25) is 9.69 Å².